The lowest BCUT2D eigenvalue weighted by molar-refractivity contribution is -0.158. The summed E-state index contributed by atoms with van der Waals surface area (Å²) in [4.78, 5) is 49.6. The molecule has 0 aliphatic rings. The number of carbonyl (C=O) groups excluding carboxylic acids is 4. The molecular formula is C53H70O10. The van der Waals surface area contributed by atoms with Crippen molar-refractivity contribution in [3.05, 3.63) is 120 Å². The molecule has 10 nitrogen and oxygen atoms in total. The molecule has 342 valence electrons. The topological polar surface area (TPSA) is 135 Å². The average Bonchev–Trinajstić information content (AvgIpc) is 3.22. The van der Waals surface area contributed by atoms with Crippen molar-refractivity contribution in [2.45, 2.75) is 105 Å². The van der Waals surface area contributed by atoms with Crippen LogP contribution in [0.4, 0.5) is 0 Å². The van der Waals surface area contributed by atoms with Crippen LogP contribution in [0.15, 0.2) is 109 Å². The van der Waals surface area contributed by atoms with E-state index in [-0.39, 0.29) is 62.4 Å². The van der Waals surface area contributed by atoms with Crippen LogP contribution in [0.2, 0.25) is 0 Å². The maximum absolute atomic E-state index is 12.6. The summed E-state index contributed by atoms with van der Waals surface area (Å²) in [6, 6.07) is 36.9. The number of benzene rings is 4. The molecule has 0 spiro atoms. The molecule has 0 aliphatic carbocycles. The zero-order valence-electron chi connectivity index (χ0n) is 38.9. The molecule has 63 heavy (non-hydrogen) atoms. The van der Waals surface area contributed by atoms with Crippen LogP contribution in [0.1, 0.15) is 92.2 Å². The maximum Gasteiger partial charge on any atom is 0.311 e. The van der Waals surface area contributed by atoms with Crippen molar-refractivity contribution in [1.29, 1.82) is 0 Å². The monoisotopic (exact) mass is 866 g/mol. The molecule has 0 amide bonds. The Morgan fingerprint density at radius 1 is 0.524 bits per heavy atom. The van der Waals surface area contributed by atoms with Gasteiger partial charge in [0.05, 0.1) is 38.3 Å². The van der Waals surface area contributed by atoms with Crippen molar-refractivity contribution >= 4 is 23.9 Å². The van der Waals surface area contributed by atoms with E-state index in [0.717, 1.165) is 33.4 Å². The number of methoxy groups -OCH3 is 1. The molecular weight excluding hydrogens is 797 g/mol. The molecule has 0 aromatic heterocycles. The van der Waals surface area contributed by atoms with Crippen molar-refractivity contribution in [2.75, 3.05) is 33.5 Å². The Bertz CT molecular complexity index is 1950. The van der Waals surface area contributed by atoms with Gasteiger partial charge in [-0.2, -0.15) is 0 Å². The van der Waals surface area contributed by atoms with Gasteiger partial charge in [0.15, 0.2) is 0 Å². The summed E-state index contributed by atoms with van der Waals surface area (Å²) in [6.45, 7) is 15.1. The zero-order chi connectivity index (χ0) is 46.4. The number of ether oxygens (including phenoxy) is 5. The van der Waals surface area contributed by atoms with Gasteiger partial charge in [0.2, 0.25) is 0 Å². The highest BCUT2D eigenvalue weighted by atomic mass is 16.6. The number of aliphatic hydroxyl groups excluding tert-OH is 1. The smallest absolute Gasteiger partial charge is 0.311 e. The van der Waals surface area contributed by atoms with E-state index in [0.29, 0.717) is 32.3 Å². The summed E-state index contributed by atoms with van der Waals surface area (Å²) in [6.07, 6.45) is 2.52. The molecule has 0 radical (unpaired) electrons. The van der Waals surface area contributed by atoms with Gasteiger partial charge in [-0.15, -0.1) is 0 Å². The first kappa shape index (κ1) is 52.0. The van der Waals surface area contributed by atoms with Gasteiger partial charge in [-0.3, -0.25) is 19.2 Å². The summed E-state index contributed by atoms with van der Waals surface area (Å²) < 4.78 is 26.6. The second-order valence-electron chi connectivity index (χ2n) is 17.9. The quantitative estimate of drug-likeness (QED) is 0.0637. The molecule has 0 saturated heterocycles. The van der Waals surface area contributed by atoms with Crippen LogP contribution < -0.4 is 0 Å². The molecule has 4 rings (SSSR count). The Balaban J connectivity index is 0.000000335. The van der Waals surface area contributed by atoms with E-state index in [4.69, 9.17) is 23.7 Å². The maximum atomic E-state index is 12.6. The number of hydrogen-bond donors (Lipinski definition) is 1. The molecule has 0 aliphatic heterocycles. The number of rotatable bonds is 21. The highest BCUT2D eigenvalue weighted by Gasteiger charge is 2.29. The third-order valence-corrected chi connectivity index (χ3v) is 9.99. The Labute approximate surface area is 375 Å². The second kappa shape index (κ2) is 26.3. The minimum Gasteiger partial charge on any atom is -0.466 e. The molecule has 4 atom stereocenters. The Morgan fingerprint density at radius 3 is 1.21 bits per heavy atom. The minimum absolute atomic E-state index is 0.0722. The normalized spacial score (nSPS) is 13.3. The van der Waals surface area contributed by atoms with E-state index >= 15 is 0 Å². The number of aliphatic hydroxyl groups is 1. The molecule has 0 fully saturated rings. The molecule has 4 aromatic carbocycles. The van der Waals surface area contributed by atoms with E-state index in [9.17, 15) is 24.3 Å². The lowest BCUT2D eigenvalue weighted by atomic mass is 9.87. The summed E-state index contributed by atoms with van der Waals surface area (Å²) in [5.74, 6) is -2.59. The van der Waals surface area contributed by atoms with Gasteiger partial charge in [-0.25, -0.2) is 0 Å². The Kier molecular flexibility index (Phi) is 21.8. The summed E-state index contributed by atoms with van der Waals surface area (Å²) >= 11 is 0. The molecule has 0 heterocycles. The van der Waals surface area contributed by atoms with E-state index < -0.39 is 29.0 Å². The fourth-order valence-electron chi connectivity index (χ4n) is 7.31. The molecule has 0 saturated carbocycles. The number of esters is 4. The predicted molar refractivity (Wildman–Crippen MR) is 248 cm³/mol. The molecule has 0 bridgehead atoms. The van der Waals surface area contributed by atoms with Crippen LogP contribution in [0.5, 0.6) is 0 Å². The van der Waals surface area contributed by atoms with Gasteiger partial charge < -0.3 is 28.8 Å². The van der Waals surface area contributed by atoms with E-state index in [1.165, 1.54) is 0 Å². The predicted octanol–water partition coefficient (Wildman–Crippen LogP) is 10.3. The van der Waals surface area contributed by atoms with E-state index in [1.54, 1.807) is 21.0 Å². The van der Waals surface area contributed by atoms with Gasteiger partial charge in [-0.05, 0) is 126 Å². The molecule has 10 heteroatoms. The molecule has 4 aromatic rings. The van der Waals surface area contributed by atoms with Crippen LogP contribution >= 0.6 is 0 Å². The van der Waals surface area contributed by atoms with Crippen LogP contribution in [0.25, 0.3) is 22.3 Å². The zero-order valence-corrected chi connectivity index (χ0v) is 38.9. The first-order valence-electron chi connectivity index (χ1n) is 22.1. The van der Waals surface area contributed by atoms with E-state index in [1.807, 2.05) is 90.1 Å². The van der Waals surface area contributed by atoms with Gasteiger partial charge in [0.1, 0.15) is 11.2 Å². The summed E-state index contributed by atoms with van der Waals surface area (Å²) in [7, 11) is 1.57. The van der Waals surface area contributed by atoms with Crippen molar-refractivity contribution in [3.63, 3.8) is 0 Å². The fraction of sp³-hybridized carbons (Fsp3) is 0.472. The van der Waals surface area contributed by atoms with E-state index in [2.05, 4.69) is 60.7 Å². The largest absolute Gasteiger partial charge is 0.466 e. The van der Waals surface area contributed by atoms with Crippen molar-refractivity contribution in [1.82, 2.24) is 0 Å². The van der Waals surface area contributed by atoms with Gasteiger partial charge in [0, 0.05) is 20.0 Å². The van der Waals surface area contributed by atoms with Crippen LogP contribution in [-0.4, -0.2) is 73.7 Å². The van der Waals surface area contributed by atoms with Crippen LogP contribution in [0, 0.1) is 23.7 Å². The Morgan fingerprint density at radius 2 is 0.873 bits per heavy atom. The van der Waals surface area contributed by atoms with Crippen LogP contribution in [0.3, 0.4) is 0 Å². The standard InChI is InChI=1S/C27H36O5.C26H34O5/c1-6-31-26(29)24(19-30-5)17-21(18-25(28)32-27(2,3)4)16-20-12-14-23(15-13-20)22-10-8-7-9-11-22;1-5-30-25(29)23(18-27)16-20(17-24(28)31-26(2,3)4)15-19-11-13-22(14-12-19)21-9-7-6-8-10-21/h7-15,21,24H,6,16-19H2,1-5H3;6-14,20,23,27H,5,15-18H2,1-4H3/t21-,24+;20-,23+/m11/s1. The van der Waals surface area contributed by atoms with Gasteiger partial charge in [-0.1, -0.05) is 109 Å². The molecule has 0 unspecified atom stereocenters. The van der Waals surface area contributed by atoms with Gasteiger partial charge >= 0.3 is 23.9 Å². The highest BCUT2D eigenvalue weighted by molar-refractivity contribution is 5.74. The summed E-state index contributed by atoms with van der Waals surface area (Å²) in [5.41, 5.74) is 5.61. The van der Waals surface area contributed by atoms with Crippen molar-refractivity contribution in [3.8, 4) is 22.3 Å². The fourth-order valence-corrected chi connectivity index (χ4v) is 7.31. The lowest BCUT2D eigenvalue weighted by Gasteiger charge is -2.24. The van der Waals surface area contributed by atoms with Crippen molar-refractivity contribution in [2.24, 2.45) is 23.7 Å². The third kappa shape index (κ3) is 20.2. The molecule has 1 N–H and O–H groups in total. The summed E-state index contributed by atoms with van der Waals surface area (Å²) in [5, 5.41) is 9.70. The lowest BCUT2D eigenvalue weighted by Crippen LogP contribution is -2.29. The van der Waals surface area contributed by atoms with Crippen LogP contribution in [-0.2, 0) is 55.7 Å². The SMILES string of the molecule is CCOC(=O)[C@H](CO)C[C@H](CC(=O)OC(C)(C)C)Cc1ccc(-c2ccccc2)cc1.CCOC(=O)[C@H](COC)C[C@H](CC(=O)OC(C)(C)C)Cc1ccc(-c2ccccc2)cc1. The first-order valence-corrected chi connectivity index (χ1v) is 22.1. The first-order chi connectivity index (χ1) is 29.9. The second-order valence-corrected chi connectivity index (χ2v) is 17.9. The third-order valence-electron chi connectivity index (χ3n) is 9.99. The highest BCUT2D eigenvalue weighted by Crippen LogP contribution is 2.28. The Hall–Kier alpha value is -5.32. The average molecular weight is 867 g/mol. The van der Waals surface area contributed by atoms with Gasteiger partial charge in [0.25, 0.3) is 0 Å². The number of hydrogen-bond acceptors (Lipinski definition) is 10. The number of carbonyl (C=O) groups is 4. The van der Waals surface area contributed by atoms with Crippen molar-refractivity contribution < 1.29 is 48.0 Å². The minimum atomic E-state index is -0.657.